The maximum Gasteiger partial charge on any atom is 0.188 e. The number of ketones is 2. The van der Waals surface area contributed by atoms with E-state index in [4.69, 9.17) is 0 Å². The fraction of sp³-hybridized carbons (Fsp3) is 0.500. The van der Waals surface area contributed by atoms with Crippen molar-refractivity contribution < 1.29 is 9.59 Å². The molecular weight excluding hydrogens is 276 g/mol. The number of rotatable bonds is 3. The van der Waals surface area contributed by atoms with E-state index in [0.29, 0.717) is 6.54 Å². The van der Waals surface area contributed by atoms with Gasteiger partial charge in [-0.25, -0.2) is 0 Å². The molecule has 4 heteroatoms. The first-order valence-electron chi connectivity index (χ1n) is 7.97. The van der Waals surface area contributed by atoms with E-state index < -0.39 is 0 Å². The van der Waals surface area contributed by atoms with E-state index in [-0.39, 0.29) is 29.1 Å². The first kappa shape index (κ1) is 14.9. The van der Waals surface area contributed by atoms with Crippen molar-refractivity contribution >= 4 is 23.0 Å². The van der Waals surface area contributed by atoms with Gasteiger partial charge in [0, 0.05) is 31.6 Å². The molecule has 116 valence electrons. The molecule has 0 aliphatic heterocycles. The van der Waals surface area contributed by atoms with Crippen LogP contribution >= 0.6 is 0 Å². The molecule has 1 aromatic carbocycles. The topological polar surface area (TPSA) is 49.7 Å². The van der Waals surface area contributed by atoms with Crippen molar-refractivity contribution in [2.75, 3.05) is 19.0 Å². The van der Waals surface area contributed by atoms with Crippen LogP contribution in [-0.2, 0) is 16.1 Å². The summed E-state index contributed by atoms with van der Waals surface area (Å²) in [5.41, 5.74) is 2.36. The lowest BCUT2D eigenvalue weighted by Crippen LogP contribution is -2.21. The molecule has 2 aliphatic rings. The SMILES string of the molecule is CN(C)c1ccc(CN=C2C(=O)C3CCCCC3C2=O)cc1. The van der Waals surface area contributed by atoms with Crippen molar-refractivity contribution in [1.82, 2.24) is 0 Å². The van der Waals surface area contributed by atoms with Crippen molar-refractivity contribution in [2.45, 2.75) is 32.2 Å². The number of aliphatic imine (C=N–C) groups is 1. The van der Waals surface area contributed by atoms with Crippen molar-refractivity contribution in [3.63, 3.8) is 0 Å². The highest BCUT2D eigenvalue weighted by molar-refractivity contribution is 6.70. The summed E-state index contributed by atoms with van der Waals surface area (Å²) in [6, 6.07) is 8.04. The van der Waals surface area contributed by atoms with Crippen LogP contribution in [-0.4, -0.2) is 31.4 Å². The number of hydrogen-bond acceptors (Lipinski definition) is 4. The summed E-state index contributed by atoms with van der Waals surface area (Å²) in [7, 11) is 3.99. The fourth-order valence-electron chi connectivity index (χ4n) is 3.46. The van der Waals surface area contributed by atoms with Gasteiger partial charge in [0.1, 0.15) is 5.71 Å². The second-order valence-electron chi connectivity index (χ2n) is 6.45. The van der Waals surface area contributed by atoms with Crippen LogP contribution in [0.5, 0.6) is 0 Å². The lowest BCUT2D eigenvalue weighted by atomic mass is 9.81. The molecule has 4 nitrogen and oxygen atoms in total. The number of hydrogen-bond donors (Lipinski definition) is 0. The lowest BCUT2D eigenvalue weighted by Gasteiger charge is -2.20. The van der Waals surface area contributed by atoms with Crippen LogP contribution in [0, 0.1) is 11.8 Å². The quantitative estimate of drug-likeness (QED) is 0.862. The van der Waals surface area contributed by atoms with Gasteiger partial charge in [-0.3, -0.25) is 14.6 Å². The van der Waals surface area contributed by atoms with E-state index in [9.17, 15) is 9.59 Å². The molecule has 0 amide bonds. The Labute approximate surface area is 131 Å². The van der Waals surface area contributed by atoms with Gasteiger partial charge in [-0.2, -0.15) is 0 Å². The highest BCUT2D eigenvalue weighted by atomic mass is 16.2. The van der Waals surface area contributed by atoms with Crippen LogP contribution in [0.25, 0.3) is 0 Å². The zero-order chi connectivity index (χ0) is 15.7. The predicted octanol–water partition coefficient (Wildman–Crippen LogP) is 2.65. The highest BCUT2D eigenvalue weighted by Crippen LogP contribution is 2.36. The average Bonchev–Trinajstić information content (AvgIpc) is 2.78. The number of Topliss-reactive ketones (excluding diaryl/α,β-unsaturated/α-hetero) is 2. The van der Waals surface area contributed by atoms with Gasteiger partial charge in [0.05, 0.1) is 6.54 Å². The summed E-state index contributed by atoms with van der Waals surface area (Å²) < 4.78 is 0. The van der Waals surface area contributed by atoms with Crippen LogP contribution in [0.15, 0.2) is 29.3 Å². The molecule has 0 saturated heterocycles. The molecule has 0 heterocycles. The standard InChI is InChI=1S/C18H22N2O2/c1-20(2)13-9-7-12(8-10-13)11-19-16-17(21)14-5-3-4-6-15(14)18(16)22/h7-10,14-15H,3-6,11H2,1-2H3. The Bertz CT molecular complexity index is 590. The van der Waals surface area contributed by atoms with Crippen LogP contribution in [0.4, 0.5) is 5.69 Å². The molecule has 2 unspecified atom stereocenters. The van der Waals surface area contributed by atoms with Gasteiger partial charge in [-0.15, -0.1) is 0 Å². The van der Waals surface area contributed by atoms with E-state index in [1.54, 1.807) is 0 Å². The number of fused-ring (bicyclic) bond motifs is 1. The molecule has 2 fully saturated rings. The number of carbonyl (C=O) groups is 2. The second kappa shape index (κ2) is 6.03. The fourth-order valence-corrected chi connectivity index (χ4v) is 3.46. The first-order valence-corrected chi connectivity index (χ1v) is 7.97. The second-order valence-corrected chi connectivity index (χ2v) is 6.45. The zero-order valence-electron chi connectivity index (χ0n) is 13.2. The number of carbonyl (C=O) groups excluding carboxylic acids is 2. The van der Waals surface area contributed by atoms with Gasteiger partial charge in [0.2, 0.25) is 0 Å². The van der Waals surface area contributed by atoms with Gasteiger partial charge in [-0.1, -0.05) is 25.0 Å². The maximum atomic E-state index is 12.4. The van der Waals surface area contributed by atoms with Crippen molar-refractivity contribution in [1.29, 1.82) is 0 Å². The molecule has 2 aliphatic carbocycles. The summed E-state index contributed by atoms with van der Waals surface area (Å²) >= 11 is 0. The van der Waals surface area contributed by atoms with Gasteiger partial charge in [-0.05, 0) is 30.5 Å². The van der Waals surface area contributed by atoms with E-state index in [2.05, 4.69) is 4.99 Å². The van der Waals surface area contributed by atoms with Gasteiger partial charge >= 0.3 is 0 Å². The van der Waals surface area contributed by atoms with Crippen LogP contribution in [0.1, 0.15) is 31.2 Å². The maximum absolute atomic E-state index is 12.4. The third-order valence-corrected chi connectivity index (χ3v) is 4.78. The smallest absolute Gasteiger partial charge is 0.188 e. The van der Waals surface area contributed by atoms with Gasteiger partial charge in [0.15, 0.2) is 11.6 Å². The van der Waals surface area contributed by atoms with E-state index in [1.807, 2.05) is 43.3 Å². The summed E-state index contributed by atoms with van der Waals surface area (Å²) in [6.07, 6.45) is 3.82. The lowest BCUT2D eigenvalue weighted by molar-refractivity contribution is -0.120. The van der Waals surface area contributed by atoms with Crippen molar-refractivity contribution in [2.24, 2.45) is 16.8 Å². The Morgan fingerprint density at radius 1 is 1.00 bits per heavy atom. The molecule has 3 rings (SSSR count). The third kappa shape index (κ3) is 2.70. The molecule has 1 aromatic rings. The van der Waals surface area contributed by atoms with E-state index in [0.717, 1.165) is 36.9 Å². The normalized spacial score (nSPS) is 24.4. The number of anilines is 1. The minimum atomic E-state index is -0.0869. The molecule has 0 N–H and O–H groups in total. The Hall–Kier alpha value is -1.97. The molecule has 2 atom stereocenters. The monoisotopic (exact) mass is 298 g/mol. The Balaban J connectivity index is 1.74. The predicted molar refractivity (Wildman–Crippen MR) is 87.4 cm³/mol. The largest absolute Gasteiger partial charge is 0.378 e. The third-order valence-electron chi connectivity index (χ3n) is 4.78. The van der Waals surface area contributed by atoms with Crippen LogP contribution in [0.3, 0.4) is 0 Å². The minimum Gasteiger partial charge on any atom is -0.378 e. The molecule has 0 aromatic heterocycles. The summed E-state index contributed by atoms with van der Waals surface area (Å²) in [4.78, 5) is 31.1. The summed E-state index contributed by atoms with van der Waals surface area (Å²) in [5, 5.41) is 0. The summed E-state index contributed by atoms with van der Waals surface area (Å²) in [5.74, 6) is -0.202. The Kier molecular flexibility index (Phi) is 4.10. The number of nitrogens with zero attached hydrogens (tertiary/aromatic N) is 2. The number of benzene rings is 1. The van der Waals surface area contributed by atoms with Crippen molar-refractivity contribution in [3.05, 3.63) is 29.8 Å². The van der Waals surface area contributed by atoms with Crippen molar-refractivity contribution in [3.8, 4) is 0 Å². The summed E-state index contributed by atoms with van der Waals surface area (Å²) in [6.45, 7) is 0.403. The first-order chi connectivity index (χ1) is 10.6. The molecule has 22 heavy (non-hydrogen) atoms. The Morgan fingerprint density at radius 2 is 1.55 bits per heavy atom. The average molecular weight is 298 g/mol. The molecular formula is C18H22N2O2. The van der Waals surface area contributed by atoms with Gasteiger partial charge in [0.25, 0.3) is 0 Å². The highest BCUT2D eigenvalue weighted by Gasteiger charge is 2.47. The molecule has 0 bridgehead atoms. The van der Waals surface area contributed by atoms with Gasteiger partial charge < -0.3 is 4.90 Å². The molecule has 0 spiro atoms. The molecule has 0 radical (unpaired) electrons. The van der Waals surface area contributed by atoms with E-state index in [1.165, 1.54) is 0 Å². The van der Waals surface area contributed by atoms with E-state index >= 15 is 0 Å². The zero-order valence-corrected chi connectivity index (χ0v) is 13.2. The Morgan fingerprint density at radius 3 is 2.05 bits per heavy atom. The molecule has 2 saturated carbocycles. The minimum absolute atomic E-state index is 0.0142. The van der Waals surface area contributed by atoms with Crippen LogP contribution in [0.2, 0.25) is 0 Å². The van der Waals surface area contributed by atoms with Crippen LogP contribution < -0.4 is 4.90 Å².